The van der Waals surface area contributed by atoms with Gasteiger partial charge in [0.25, 0.3) is 0 Å². The van der Waals surface area contributed by atoms with Gasteiger partial charge >= 0.3 is 0 Å². The Bertz CT molecular complexity index is 867. The number of nitrogens with zero attached hydrogens (tertiary/aromatic N) is 5. The van der Waals surface area contributed by atoms with Crippen LogP contribution in [-0.4, -0.2) is 63.6 Å². The first-order valence-corrected chi connectivity index (χ1v) is 12.8. The Labute approximate surface area is 198 Å². The molecule has 4 aliphatic rings. The van der Waals surface area contributed by atoms with Gasteiger partial charge < -0.3 is 5.32 Å². The van der Waals surface area contributed by atoms with Crippen LogP contribution in [0.5, 0.6) is 0 Å². The van der Waals surface area contributed by atoms with Crippen molar-refractivity contribution in [1.29, 1.82) is 0 Å². The number of aliphatic imine (C=N–C) groups is 1. The fraction of sp³-hybridized carbons (Fsp3) is 0.625. The molecule has 3 atom stereocenters. The fourth-order valence-electron chi connectivity index (χ4n) is 5.44. The van der Waals surface area contributed by atoms with Crippen LogP contribution in [-0.2, 0) is 6.54 Å². The highest BCUT2D eigenvalue weighted by Crippen LogP contribution is 2.33. The number of hydrogen-bond acceptors (Lipinski definition) is 6. The Hall–Kier alpha value is -1.80. The van der Waals surface area contributed by atoms with Crippen LogP contribution in [0.2, 0.25) is 0 Å². The predicted molar refractivity (Wildman–Crippen MR) is 129 cm³/mol. The second-order valence-corrected chi connectivity index (χ2v) is 10.5. The normalized spacial score (nSPS) is 32.9. The molecule has 0 amide bonds. The van der Waals surface area contributed by atoms with E-state index in [1.54, 1.807) is 6.20 Å². The Morgan fingerprint density at radius 2 is 2.06 bits per heavy atom. The van der Waals surface area contributed by atoms with Gasteiger partial charge in [0, 0.05) is 55.4 Å². The Morgan fingerprint density at radius 3 is 2.84 bits per heavy atom. The number of hydrazone groups is 1. The standard InChI is InChI=1S/C24H32BrFN6/c25-21-15-29-32-23(28-14-18-3-1-9-27-13-18)11-22(30-24(21)32)19-4-2-10-31(16-19)20-7-5-17(12-26)6-8-20/h1,3,9,11,13,15,17,19-21,24,28H,2,4-8,10,12,14,16H2. The van der Waals surface area contributed by atoms with Crippen LogP contribution >= 0.6 is 15.9 Å². The molecule has 1 saturated carbocycles. The lowest BCUT2D eigenvalue weighted by Gasteiger charge is -2.42. The molecule has 0 aromatic carbocycles. The van der Waals surface area contributed by atoms with E-state index in [2.05, 4.69) is 48.4 Å². The van der Waals surface area contributed by atoms with Gasteiger partial charge in [0.2, 0.25) is 0 Å². The van der Waals surface area contributed by atoms with Crippen LogP contribution in [0.3, 0.4) is 0 Å². The molecule has 0 spiro atoms. The summed E-state index contributed by atoms with van der Waals surface area (Å²) in [5.41, 5.74) is 2.32. The fourth-order valence-corrected chi connectivity index (χ4v) is 5.88. The molecule has 1 aromatic heterocycles. The van der Waals surface area contributed by atoms with E-state index in [9.17, 15) is 4.39 Å². The molecule has 0 bridgehead atoms. The van der Waals surface area contributed by atoms with Crippen LogP contribution in [0.15, 0.2) is 46.5 Å². The maximum atomic E-state index is 13.0. The first-order valence-electron chi connectivity index (χ1n) is 11.9. The first kappa shape index (κ1) is 22.0. The zero-order valence-corrected chi connectivity index (χ0v) is 20.0. The summed E-state index contributed by atoms with van der Waals surface area (Å²) in [5, 5.41) is 10.1. The number of pyridine rings is 1. The number of alkyl halides is 2. The minimum atomic E-state index is -0.153. The first-order chi connectivity index (χ1) is 15.7. The highest BCUT2D eigenvalue weighted by Gasteiger charge is 2.37. The van der Waals surface area contributed by atoms with Gasteiger partial charge in [-0.25, -0.2) is 5.01 Å². The van der Waals surface area contributed by atoms with Gasteiger partial charge in [-0.3, -0.25) is 19.3 Å². The van der Waals surface area contributed by atoms with Gasteiger partial charge in [0.15, 0.2) is 6.17 Å². The monoisotopic (exact) mass is 502 g/mol. The van der Waals surface area contributed by atoms with Crippen molar-refractivity contribution in [2.75, 3.05) is 19.8 Å². The Morgan fingerprint density at radius 1 is 1.19 bits per heavy atom. The average molecular weight is 503 g/mol. The Kier molecular flexibility index (Phi) is 6.88. The van der Waals surface area contributed by atoms with Gasteiger partial charge in [-0.1, -0.05) is 22.0 Å². The molecule has 1 N–H and O–H groups in total. The molecule has 3 aliphatic heterocycles. The third-order valence-electron chi connectivity index (χ3n) is 7.30. The van der Waals surface area contributed by atoms with Crippen LogP contribution in [0.1, 0.15) is 44.1 Å². The van der Waals surface area contributed by atoms with Crippen molar-refractivity contribution in [3.63, 3.8) is 0 Å². The second kappa shape index (κ2) is 10.00. The number of rotatable bonds is 6. The van der Waals surface area contributed by atoms with E-state index in [0.717, 1.165) is 50.2 Å². The topological polar surface area (TPSA) is 56.1 Å². The minimum absolute atomic E-state index is 0.0400. The van der Waals surface area contributed by atoms with Crippen LogP contribution < -0.4 is 5.32 Å². The summed E-state index contributed by atoms with van der Waals surface area (Å²) >= 11 is 3.74. The summed E-state index contributed by atoms with van der Waals surface area (Å²) in [7, 11) is 0. The summed E-state index contributed by atoms with van der Waals surface area (Å²) < 4.78 is 13.0. The van der Waals surface area contributed by atoms with Crippen LogP contribution in [0, 0.1) is 11.8 Å². The van der Waals surface area contributed by atoms with E-state index < -0.39 is 0 Å². The van der Waals surface area contributed by atoms with Crippen LogP contribution in [0.4, 0.5) is 4.39 Å². The third kappa shape index (κ3) is 4.76. The number of hydrogen-bond donors (Lipinski definition) is 1. The highest BCUT2D eigenvalue weighted by molar-refractivity contribution is 9.10. The quantitative estimate of drug-likeness (QED) is 0.595. The van der Waals surface area contributed by atoms with Crippen molar-refractivity contribution in [2.45, 2.75) is 62.1 Å². The van der Waals surface area contributed by atoms with Crippen LogP contribution in [0.25, 0.3) is 0 Å². The summed E-state index contributed by atoms with van der Waals surface area (Å²) in [6, 6.07) is 4.64. The molecule has 172 valence electrons. The molecular formula is C24H32BrFN6. The van der Waals surface area contributed by atoms with Crippen molar-refractivity contribution >= 4 is 27.9 Å². The number of piperidine rings is 1. The lowest BCUT2D eigenvalue weighted by Crippen LogP contribution is -2.47. The van der Waals surface area contributed by atoms with Gasteiger partial charge in [0.1, 0.15) is 5.82 Å². The van der Waals surface area contributed by atoms with Gasteiger partial charge in [0.05, 0.1) is 11.5 Å². The summed E-state index contributed by atoms with van der Waals surface area (Å²) in [6.45, 7) is 2.76. The maximum Gasteiger partial charge on any atom is 0.161 e. The maximum absolute atomic E-state index is 13.0. The summed E-state index contributed by atoms with van der Waals surface area (Å²) in [6.07, 6.45) is 14.5. The molecule has 6 nitrogen and oxygen atoms in total. The van der Waals surface area contributed by atoms with Crippen molar-refractivity contribution < 1.29 is 4.39 Å². The number of aromatic nitrogens is 1. The summed E-state index contributed by atoms with van der Waals surface area (Å²) in [5.74, 6) is 1.72. The number of fused-ring (bicyclic) bond motifs is 1. The predicted octanol–water partition coefficient (Wildman–Crippen LogP) is 4.10. The third-order valence-corrected chi connectivity index (χ3v) is 8.01. The van der Waals surface area contributed by atoms with Crippen molar-refractivity contribution in [2.24, 2.45) is 21.9 Å². The Balaban J connectivity index is 1.29. The highest BCUT2D eigenvalue weighted by atomic mass is 79.9. The van der Waals surface area contributed by atoms with Crippen molar-refractivity contribution in [3.8, 4) is 0 Å². The summed E-state index contributed by atoms with van der Waals surface area (Å²) in [4.78, 5) is 12.1. The molecule has 5 rings (SSSR count). The van der Waals surface area contributed by atoms with E-state index in [-0.39, 0.29) is 23.6 Å². The van der Waals surface area contributed by atoms with Crippen molar-refractivity contribution in [1.82, 2.24) is 20.2 Å². The number of halogens is 2. The van der Waals surface area contributed by atoms with Gasteiger partial charge in [-0.15, -0.1) is 0 Å². The molecule has 2 fully saturated rings. The molecule has 8 heteroatoms. The van der Waals surface area contributed by atoms with Crippen molar-refractivity contribution in [3.05, 3.63) is 42.0 Å². The zero-order chi connectivity index (χ0) is 21.9. The number of likely N-dealkylation sites (tertiary alicyclic amines) is 1. The minimum Gasteiger partial charge on any atom is -0.366 e. The van der Waals surface area contributed by atoms with E-state index in [1.807, 2.05) is 23.5 Å². The molecule has 0 radical (unpaired) electrons. The smallest absolute Gasteiger partial charge is 0.161 e. The number of allylic oxidation sites excluding steroid dienone is 1. The molecule has 4 heterocycles. The average Bonchev–Trinajstić information content (AvgIpc) is 3.24. The molecule has 32 heavy (non-hydrogen) atoms. The van der Waals surface area contributed by atoms with Gasteiger partial charge in [-0.2, -0.15) is 5.10 Å². The second-order valence-electron chi connectivity index (χ2n) is 9.43. The lowest BCUT2D eigenvalue weighted by atomic mass is 9.84. The van der Waals surface area contributed by atoms with E-state index in [0.29, 0.717) is 18.5 Å². The molecule has 3 unspecified atom stereocenters. The van der Waals surface area contributed by atoms with Gasteiger partial charge in [-0.05, 0) is 62.6 Å². The number of nitrogens with one attached hydrogen (secondary N) is 1. The molecule has 1 saturated heterocycles. The van der Waals surface area contributed by atoms with E-state index in [1.165, 1.54) is 18.6 Å². The van der Waals surface area contributed by atoms with E-state index >= 15 is 0 Å². The lowest BCUT2D eigenvalue weighted by molar-refractivity contribution is 0.0967. The SMILES string of the molecule is FCC1CCC(N2CCCC(C3=NC4C(Br)C=NN4C(NCc4cccnc4)=C3)C2)CC1. The molecular weight excluding hydrogens is 471 g/mol. The molecule has 1 aliphatic carbocycles. The van der Waals surface area contributed by atoms with E-state index in [4.69, 9.17) is 4.99 Å². The molecule has 1 aromatic rings. The largest absolute Gasteiger partial charge is 0.366 e. The zero-order valence-electron chi connectivity index (χ0n) is 18.4.